The summed E-state index contributed by atoms with van der Waals surface area (Å²) in [6.45, 7) is 9.80. The summed E-state index contributed by atoms with van der Waals surface area (Å²) in [6.07, 6.45) is 4.35. The number of amides is 1. The number of morpholine rings is 1. The van der Waals surface area contributed by atoms with Gasteiger partial charge in [0, 0.05) is 44.3 Å². The molecule has 0 N–H and O–H groups in total. The zero-order valence-electron chi connectivity index (χ0n) is 19.6. The fourth-order valence-corrected chi connectivity index (χ4v) is 5.56. The van der Waals surface area contributed by atoms with Crippen LogP contribution in [0.5, 0.6) is 0 Å². The molecule has 4 rings (SSSR count). The van der Waals surface area contributed by atoms with Gasteiger partial charge in [0.25, 0.3) is 0 Å². The van der Waals surface area contributed by atoms with Gasteiger partial charge in [-0.2, -0.15) is 0 Å². The van der Waals surface area contributed by atoms with E-state index in [0.29, 0.717) is 18.4 Å². The first kappa shape index (κ1) is 24.2. The summed E-state index contributed by atoms with van der Waals surface area (Å²) in [5.41, 5.74) is 0.818. The fraction of sp³-hybridized carbons (Fsp3) is 0.625. The van der Waals surface area contributed by atoms with E-state index in [4.69, 9.17) is 4.74 Å². The monoisotopic (exact) mass is 475 g/mol. The van der Waals surface area contributed by atoms with Crippen molar-refractivity contribution in [2.75, 3.05) is 39.4 Å². The Morgan fingerprint density at radius 3 is 2.64 bits per heavy atom. The summed E-state index contributed by atoms with van der Waals surface area (Å²) in [6, 6.07) is 6.68. The summed E-state index contributed by atoms with van der Waals surface area (Å²) >= 11 is 1.47. The predicted octanol–water partition coefficient (Wildman–Crippen LogP) is 3.69. The Labute approximate surface area is 199 Å². The first-order chi connectivity index (χ1) is 16.1. The van der Waals surface area contributed by atoms with Gasteiger partial charge in [-0.3, -0.25) is 9.69 Å². The van der Waals surface area contributed by atoms with Crippen LogP contribution in [-0.2, 0) is 16.1 Å². The molecule has 0 bridgehead atoms. The number of aromatic nitrogens is 3. The van der Waals surface area contributed by atoms with E-state index in [9.17, 15) is 9.18 Å². The maximum atomic E-state index is 13.5. The van der Waals surface area contributed by atoms with Crippen molar-refractivity contribution in [2.45, 2.75) is 62.5 Å². The number of rotatable bonds is 8. The lowest BCUT2D eigenvalue weighted by Gasteiger charge is -2.36. The highest BCUT2D eigenvalue weighted by Gasteiger charge is 2.30. The molecule has 2 unspecified atom stereocenters. The number of carbonyl (C=O) groups is 1. The van der Waals surface area contributed by atoms with Crippen LogP contribution in [0.1, 0.15) is 39.5 Å². The van der Waals surface area contributed by atoms with E-state index in [1.807, 2.05) is 6.92 Å². The number of piperidine rings is 1. The minimum Gasteiger partial charge on any atom is -0.379 e. The van der Waals surface area contributed by atoms with Crippen LogP contribution in [0, 0.1) is 5.82 Å². The number of hydrogen-bond acceptors (Lipinski definition) is 6. The van der Waals surface area contributed by atoms with E-state index < -0.39 is 0 Å². The number of hydrogen-bond donors (Lipinski definition) is 0. The van der Waals surface area contributed by atoms with Crippen LogP contribution >= 0.6 is 11.8 Å². The van der Waals surface area contributed by atoms with Crippen molar-refractivity contribution < 1.29 is 13.9 Å². The van der Waals surface area contributed by atoms with Crippen LogP contribution in [0.15, 0.2) is 29.4 Å². The van der Waals surface area contributed by atoms with Crippen LogP contribution in [0.3, 0.4) is 0 Å². The Balaban J connectivity index is 1.53. The molecule has 1 amide bonds. The van der Waals surface area contributed by atoms with Gasteiger partial charge < -0.3 is 14.2 Å². The molecular weight excluding hydrogens is 441 g/mol. The molecule has 33 heavy (non-hydrogen) atoms. The first-order valence-corrected chi connectivity index (χ1v) is 12.9. The number of carbonyl (C=O) groups excluding carboxylic acids is 1. The first-order valence-electron chi connectivity index (χ1n) is 12.0. The van der Waals surface area contributed by atoms with Crippen molar-refractivity contribution in [1.82, 2.24) is 24.6 Å². The number of nitrogens with zero attached hydrogens (tertiary/aromatic N) is 5. The third kappa shape index (κ3) is 5.94. The van der Waals surface area contributed by atoms with Gasteiger partial charge in [-0.15, -0.1) is 10.2 Å². The van der Waals surface area contributed by atoms with E-state index in [0.717, 1.165) is 69.4 Å². The minimum atomic E-state index is -0.279. The van der Waals surface area contributed by atoms with E-state index >= 15 is 0 Å². The van der Waals surface area contributed by atoms with Gasteiger partial charge in [0.05, 0.1) is 18.5 Å². The maximum Gasteiger partial charge on any atom is 0.236 e. The lowest BCUT2D eigenvalue weighted by atomic mass is 10.00. The van der Waals surface area contributed by atoms with Crippen molar-refractivity contribution in [3.63, 3.8) is 0 Å². The minimum absolute atomic E-state index is 0.178. The smallest absolute Gasteiger partial charge is 0.236 e. The molecule has 7 nitrogen and oxygen atoms in total. The summed E-state index contributed by atoms with van der Waals surface area (Å²) in [5.74, 6) is 0.603. The predicted molar refractivity (Wildman–Crippen MR) is 128 cm³/mol. The molecule has 9 heteroatoms. The van der Waals surface area contributed by atoms with Crippen LogP contribution < -0.4 is 0 Å². The molecule has 0 aliphatic carbocycles. The summed E-state index contributed by atoms with van der Waals surface area (Å²) in [5, 5.41) is 9.38. The third-order valence-electron chi connectivity index (χ3n) is 6.57. The molecule has 2 aliphatic rings. The Bertz CT molecular complexity index is 916. The average molecular weight is 476 g/mol. The highest BCUT2D eigenvalue weighted by molar-refractivity contribution is 8.00. The quantitative estimate of drug-likeness (QED) is 0.543. The molecule has 2 aliphatic heterocycles. The lowest BCUT2D eigenvalue weighted by molar-refractivity contribution is -0.134. The molecule has 0 radical (unpaired) electrons. The Morgan fingerprint density at radius 2 is 1.91 bits per heavy atom. The number of thioether (sulfide) groups is 1. The molecule has 1 aromatic heterocycles. The summed E-state index contributed by atoms with van der Waals surface area (Å²) < 4.78 is 21.0. The van der Waals surface area contributed by atoms with Crippen LogP contribution in [0.25, 0.3) is 11.4 Å². The van der Waals surface area contributed by atoms with Gasteiger partial charge in [0.2, 0.25) is 5.91 Å². The van der Waals surface area contributed by atoms with Crippen molar-refractivity contribution in [3.05, 3.63) is 30.1 Å². The molecule has 2 fully saturated rings. The maximum absolute atomic E-state index is 13.5. The molecule has 180 valence electrons. The molecule has 2 aromatic rings. The molecule has 3 heterocycles. The molecule has 1 aromatic carbocycles. The second kappa shape index (κ2) is 11.4. The van der Waals surface area contributed by atoms with Crippen LogP contribution in [0.4, 0.5) is 4.39 Å². The Morgan fingerprint density at radius 1 is 1.15 bits per heavy atom. The third-order valence-corrected chi connectivity index (χ3v) is 7.64. The molecular formula is C24H34FN5O2S. The van der Waals surface area contributed by atoms with Crippen molar-refractivity contribution >= 4 is 17.7 Å². The van der Waals surface area contributed by atoms with E-state index in [1.54, 1.807) is 12.1 Å². The highest BCUT2D eigenvalue weighted by Crippen LogP contribution is 2.30. The number of halogens is 1. The molecule has 2 atom stereocenters. The summed E-state index contributed by atoms with van der Waals surface area (Å²) in [7, 11) is 0. The molecule has 0 saturated carbocycles. The zero-order chi connectivity index (χ0) is 23.2. The second-order valence-electron chi connectivity index (χ2n) is 8.77. The SMILES string of the molecule is CCC1CCCCN1C(=O)C(C)Sc1nnc(-c2ccc(F)cc2)n1CCN1CCOCC1. The van der Waals surface area contributed by atoms with Gasteiger partial charge in [0.1, 0.15) is 5.82 Å². The normalized spacial score (nSPS) is 20.7. The molecule has 0 spiro atoms. The van der Waals surface area contributed by atoms with E-state index in [2.05, 4.69) is 31.5 Å². The number of likely N-dealkylation sites (tertiary alicyclic amines) is 1. The van der Waals surface area contributed by atoms with E-state index in [1.165, 1.54) is 30.3 Å². The topological polar surface area (TPSA) is 63.5 Å². The average Bonchev–Trinajstić information content (AvgIpc) is 3.25. The van der Waals surface area contributed by atoms with Crippen LogP contribution in [-0.4, -0.2) is 81.2 Å². The Hall–Kier alpha value is -1.97. The van der Waals surface area contributed by atoms with Gasteiger partial charge in [-0.25, -0.2) is 4.39 Å². The summed E-state index contributed by atoms with van der Waals surface area (Å²) in [4.78, 5) is 17.7. The number of benzene rings is 1. The number of ether oxygens (including phenoxy) is 1. The largest absolute Gasteiger partial charge is 0.379 e. The standard InChI is InChI=1S/C24H34FN5O2S/c1-3-21-6-4-5-11-29(21)23(31)18(2)33-24-27-26-22(19-7-9-20(25)10-8-19)30(24)13-12-28-14-16-32-17-15-28/h7-10,18,21H,3-6,11-17H2,1-2H3. The van der Waals surface area contributed by atoms with Gasteiger partial charge in [0.15, 0.2) is 11.0 Å². The van der Waals surface area contributed by atoms with Gasteiger partial charge in [-0.1, -0.05) is 18.7 Å². The highest BCUT2D eigenvalue weighted by atomic mass is 32.2. The zero-order valence-corrected chi connectivity index (χ0v) is 20.4. The fourth-order valence-electron chi connectivity index (χ4n) is 4.61. The van der Waals surface area contributed by atoms with Crippen molar-refractivity contribution in [2.24, 2.45) is 0 Å². The van der Waals surface area contributed by atoms with Crippen molar-refractivity contribution in [1.29, 1.82) is 0 Å². The molecule has 2 saturated heterocycles. The lowest BCUT2D eigenvalue weighted by Crippen LogP contribution is -2.46. The second-order valence-corrected chi connectivity index (χ2v) is 10.1. The van der Waals surface area contributed by atoms with Crippen LogP contribution in [0.2, 0.25) is 0 Å². The Kier molecular flexibility index (Phi) is 8.38. The van der Waals surface area contributed by atoms with Gasteiger partial charge >= 0.3 is 0 Å². The van der Waals surface area contributed by atoms with E-state index in [-0.39, 0.29) is 17.0 Å². The van der Waals surface area contributed by atoms with Crippen molar-refractivity contribution in [3.8, 4) is 11.4 Å². The van der Waals surface area contributed by atoms with Gasteiger partial charge in [-0.05, 0) is 56.9 Å².